The van der Waals surface area contributed by atoms with E-state index in [1.54, 1.807) is 24.3 Å². The second-order valence-corrected chi connectivity index (χ2v) is 4.75. The topological polar surface area (TPSA) is 40.9 Å². The predicted octanol–water partition coefficient (Wildman–Crippen LogP) is 3.70. The summed E-state index contributed by atoms with van der Waals surface area (Å²) in [6.45, 7) is 0. The van der Waals surface area contributed by atoms with Gasteiger partial charge in [-0.15, -0.1) is 11.3 Å². The van der Waals surface area contributed by atoms with Crippen LogP contribution in [-0.4, -0.2) is 5.78 Å². The van der Waals surface area contributed by atoms with Gasteiger partial charge in [-0.25, -0.2) is 0 Å². The highest BCUT2D eigenvalue weighted by atomic mass is 35.5. The van der Waals surface area contributed by atoms with Gasteiger partial charge in [0, 0.05) is 5.56 Å². The highest BCUT2D eigenvalue weighted by Crippen LogP contribution is 2.25. The molecule has 1 aromatic heterocycles. The van der Waals surface area contributed by atoms with E-state index in [-0.39, 0.29) is 12.2 Å². The summed E-state index contributed by atoms with van der Waals surface area (Å²) >= 11 is 7.51. The van der Waals surface area contributed by atoms with Crippen LogP contribution in [0, 0.1) is 11.3 Å². The zero-order valence-electron chi connectivity index (χ0n) is 8.81. The highest BCUT2D eigenvalue weighted by Gasteiger charge is 2.15. The molecule has 2 rings (SSSR count). The van der Waals surface area contributed by atoms with E-state index in [1.165, 1.54) is 11.3 Å². The monoisotopic (exact) mass is 261 g/mol. The van der Waals surface area contributed by atoms with Gasteiger partial charge in [-0.2, -0.15) is 5.26 Å². The van der Waals surface area contributed by atoms with Gasteiger partial charge in [-0.05, 0) is 23.1 Å². The van der Waals surface area contributed by atoms with Gasteiger partial charge in [0.1, 0.15) is 0 Å². The summed E-state index contributed by atoms with van der Waals surface area (Å²) in [7, 11) is 0. The summed E-state index contributed by atoms with van der Waals surface area (Å²) in [5.41, 5.74) is 1.15. The third-order valence-corrected chi connectivity index (χ3v) is 3.65. The Morgan fingerprint density at radius 1 is 1.35 bits per heavy atom. The van der Waals surface area contributed by atoms with Crippen molar-refractivity contribution in [2.45, 2.75) is 6.42 Å². The van der Waals surface area contributed by atoms with Crippen LogP contribution in [0.1, 0.15) is 20.8 Å². The Morgan fingerprint density at radius 2 is 2.18 bits per heavy atom. The SMILES string of the molecule is N#CCc1cccc(C(=O)c2cccs2)c1Cl. The molecular weight excluding hydrogens is 254 g/mol. The Balaban J connectivity index is 2.43. The van der Waals surface area contributed by atoms with E-state index in [4.69, 9.17) is 16.9 Å². The van der Waals surface area contributed by atoms with Crippen LogP contribution in [0.3, 0.4) is 0 Å². The fourth-order valence-electron chi connectivity index (χ4n) is 1.52. The summed E-state index contributed by atoms with van der Waals surface area (Å²) in [6, 6.07) is 10.8. The molecule has 0 atom stereocenters. The minimum atomic E-state index is -0.0928. The molecule has 0 radical (unpaired) electrons. The molecular formula is C13H8ClNOS. The van der Waals surface area contributed by atoms with E-state index in [0.29, 0.717) is 21.0 Å². The zero-order valence-corrected chi connectivity index (χ0v) is 10.4. The Hall–Kier alpha value is -1.63. The van der Waals surface area contributed by atoms with Crippen molar-refractivity contribution < 1.29 is 4.79 Å². The van der Waals surface area contributed by atoms with Crippen LogP contribution >= 0.6 is 22.9 Å². The normalized spacial score (nSPS) is 9.88. The number of carbonyl (C=O) groups excluding carboxylic acids is 1. The quantitative estimate of drug-likeness (QED) is 0.791. The number of ketones is 1. The van der Waals surface area contributed by atoms with E-state index in [0.717, 1.165) is 0 Å². The van der Waals surface area contributed by atoms with Gasteiger partial charge in [-0.3, -0.25) is 4.79 Å². The fourth-order valence-corrected chi connectivity index (χ4v) is 2.47. The number of benzene rings is 1. The van der Waals surface area contributed by atoms with E-state index in [9.17, 15) is 4.79 Å². The van der Waals surface area contributed by atoms with Crippen LogP contribution in [0.25, 0.3) is 0 Å². The van der Waals surface area contributed by atoms with Gasteiger partial charge in [0.2, 0.25) is 5.78 Å². The molecule has 0 unspecified atom stereocenters. The number of hydrogen-bond donors (Lipinski definition) is 0. The number of rotatable bonds is 3. The van der Waals surface area contributed by atoms with Crippen molar-refractivity contribution in [3.63, 3.8) is 0 Å². The first kappa shape index (κ1) is 11.8. The third-order valence-electron chi connectivity index (χ3n) is 2.34. The van der Waals surface area contributed by atoms with Gasteiger partial charge < -0.3 is 0 Å². The van der Waals surface area contributed by atoms with Crippen molar-refractivity contribution in [1.82, 2.24) is 0 Å². The van der Waals surface area contributed by atoms with Crippen LogP contribution in [0.4, 0.5) is 0 Å². The summed E-state index contributed by atoms with van der Waals surface area (Å²) in [5, 5.41) is 10.9. The number of nitriles is 1. The molecule has 0 N–H and O–H groups in total. The Kier molecular flexibility index (Phi) is 3.58. The van der Waals surface area contributed by atoms with Crippen molar-refractivity contribution in [3.05, 3.63) is 56.7 Å². The summed E-state index contributed by atoms with van der Waals surface area (Å²) in [4.78, 5) is 12.8. The maximum atomic E-state index is 12.1. The molecule has 0 aliphatic heterocycles. The lowest BCUT2D eigenvalue weighted by Crippen LogP contribution is -2.01. The maximum absolute atomic E-state index is 12.1. The van der Waals surface area contributed by atoms with E-state index in [2.05, 4.69) is 0 Å². The van der Waals surface area contributed by atoms with Gasteiger partial charge in [0.15, 0.2) is 0 Å². The lowest BCUT2D eigenvalue weighted by molar-refractivity contribution is 0.104. The summed E-state index contributed by atoms with van der Waals surface area (Å²) in [5.74, 6) is -0.0928. The zero-order chi connectivity index (χ0) is 12.3. The van der Waals surface area contributed by atoms with Gasteiger partial charge in [0.25, 0.3) is 0 Å². The standard InChI is InChI=1S/C13H8ClNOS/c14-12-9(6-7-15)3-1-4-10(12)13(16)11-5-2-8-17-11/h1-5,8H,6H2. The van der Waals surface area contributed by atoms with Crippen LogP contribution in [-0.2, 0) is 6.42 Å². The smallest absolute Gasteiger partial charge is 0.204 e. The molecule has 1 heterocycles. The minimum absolute atomic E-state index is 0.0928. The largest absolute Gasteiger partial charge is 0.288 e. The van der Waals surface area contributed by atoms with Gasteiger partial charge >= 0.3 is 0 Å². The summed E-state index contributed by atoms with van der Waals surface area (Å²) in [6.07, 6.45) is 0.213. The fraction of sp³-hybridized carbons (Fsp3) is 0.0769. The molecule has 0 saturated carbocycles. The lowest BCUT2D eigenvalue weighted by Gasteiger charge is -2.05. The Bertz CT molecular complexity index is 584. The predicted molar refractivity (Wildman–Crippen MR) is 68.5 cm³/mol. The van der Waals surface area contributed by atoms with Crippen LogP contribution in [0.2, 0.25) is 5.02 Å². The van der Waals surface area contributed by atoms with E-state index in [1.807, 2.05) is 17.5 Å². The van der Waals surface area contributed by atoms with Crippen molar-refractivity contribution in [2.75, 3.05) is 0 Å². The maximum Gasteiger partial charge on any atom is 0.204 e. The summed E-state index contributed by atoms with van der Waals surface area (Å²) < 4.78 is 0. The third kappa shape index (κ3) is 2.38. The molecule has 0 bridgehead atoms. The molecule has 2 nitrogen and oxygen atoms in total. The first-order chi connectivity index (χ1) is 8.24. The van der Waals surface area contributed by atoms with Gasteiger partial charge in [-0.1, -0.05) is 29.8 Å². The first-order valence-electron chi connectivity index (χ1n) is 4.96. The molecule has 17 heavy (non-hydrogen) atoms. The molecule has 0 aliphatic carbocycles. The average Bonchev–Trinajstić information content (AvgIpc) is 2.85. The molecule has 0 saturated heterocycles. The van der Waals surface area contributed by atoms with Gasteiger partial charge in [0.05, 0.1) is 22.4 Å². The average molecular weight is 262 g/mol. The van der Waals surface area contributed by atoms with E-state index >= 15 is 0 Å². The highest BCUT2D eigenvalue weighted by molar-refractivity contribution is 7.12. The van der Waals surface area contributed by atoms with Crippen LogP contribution in [0.15, 0.2) is 35.7 Å². The van der Waals surface area contributed by atoms with Crippen molar-refractivity contribution in [3.8, 4) is 6.07 Å². The lowest BCUT2D eigenvalue weighted by atomic mass is 10.0. The number of hydrogen-bond acceptors (Lipinski definition) is 3. The number of nitrogens with zero attached hydrogens (tertiary/aromatic N) is 1. The number of thiophene rings is 1. The molecule has 0 spiro atoms. The van der Waals surface area contributed by atoms with Crippen molar-refractivity contribution in [2.24, 2.45) is 0 Å². The molecule has 84 valence electrons. The second kappa shape index (κ2) is 5.13. The first-order valence-corrected chi connectivity index (χ1v) is 6.22. The second-order valence-electron chi connectivity index (χ2n) is 3.42. The molecule has 2 aromatic rings. The number of halogens is 1. The number of carbonyl (C=O) groups is 1. The molecule has 0 amide bonds. The Labute approximate surface area is 108 Å². The molecule has 1 aromatic carbocycles. The molecule has 0 fully saturated rings. The Morgan fingerprint density at radius 3 is 2.82 bits per heavy atom. The van der Waals surface area contributed by atoms with E-state index < -0.39 is 0 Å². The molecule has 0 aliphatic rings. The molecule has 4 heteroatoms. The van der Waals surface area contributed by atoms with Crippen molar-refractivity contribution >= 4 is 28.7 Å². The minimum Gasteiger partial charge on any atom is -0.288 e. The van der Waals surface area contributed by atoms with Crippen LogP contribution < -0.4 is 0 Å². The van der Waals surface area contributed by atoms with Crippen LogP contribution in [0.5, 0.6) is 0 Å². The van der Waals surface area contributed by atoms with Crippen molar-refractivity contribution in [1.29, 1.82) is 5.26 Å².